The lowest BCUT2D eigenvalue weighted by molar-refractivity contribution is 0.176. The van der Waals surface area contributed by atoms with E-state index in [1.807, 2.05) is 24.3 Å². The van der Waals surface area contributed by atoms with Gasteiger partial charge in [-0.15, -0.1) is 0 Å². The van der Waals surface area contributed by atoms with Crippen LogP contribution in [-0.4, -0.2) is 41.8 Å². The molecule has 1 aromatic rings. The van der Waals surface area contributed by atoms with E-state index in [-0.39, 0.29) is 6.03 Å². The largest absolute Gasteiger partial charge is 0.494 e. The van der Waals surface area contributed by atoms with E-state index in [0.717, 1.165) is 17.9 Å². The van der Waals surface area contributed by atoms with Crippen molar-refractivity contribution in [3.63, 3.8) is 0 Å². The minimum atomic E-state index is -0.396. The molecule has 0 aromatic heterocycles. The second-order valence-corrected chi connectivity index (χ2v) is 5.87. The third kappa shape index (κ3) is 4.93. The van der Waals surface area contributed by atoms with Gasteiger partial charge in [-0.2, -0.15) is 0 Å². The first-order valence-corrected chi connectivity index (χ1v) is 7.51. The number of anilines is 1. The summed E-state index contributed by atoms with van der Waals surface area (Å²) in [6, 6.07) is 7.20. The Morgan fingerprint density at radius 3 is 2.71 bits per heavy atom. The molecule has 1 aliphatic heterocycles. The fourth-order valence-electron chi connectivity index (χ4n) is 2.18. The first-order chi connectivity index (χ1) is 10.0. The third-order valence-corrected chi connectivity index (χ3v) is 3.52. The number of likely N-dealkylation sites (tertiary alicyclic amines) is 1. The van der Waals surface area contributed by atoms with Crippen molar-refractivity contribution in [3.8, 4) is 5.75 Å². The van der Waals surface area contributed by atoms with Gasteiger partial charge in [-0.1, -0.05) is 13.8 Å². The Morgan fingerprint density at radius 1 is 1.43 bits per heavy atom. The molecule has 21 heavy (non-hydrogen) atoms. The number of β-amino-alcohol motifs (C(OH)–C–C–N with tert-alkyl or cyclic N) is 1. The number of ether oxygens (including phenoxy) is 1. The lowest BCUT2D eigenvalue weighted by Crippen LogP contribution is -2.33. The molecule has 0 radical (unpaired) electrons. The Balaban J connectivity index is 1.80. The molecule has 2 N–H and O–H groups in total. The number of nitrogens with one attached hydrogen (secondary N) is 1. The van der Waals surface area contributed by atoms with Crippen LogP contribution in [0, 0.1) is 5.92 Å². The molecule has 1 aliphatic rings. The van der Waals surface area contributed by atoms with Crippen molar-refractivity contribution in [2.45, 2.75) is 32.8 Å². The van der Waals surface area contributed by atoms with Gasteiger partial charge in [0.15, 0.2) is 0 Å². The number of urea groups is 1. The van der Waals surface area contributed by atoms with Crippen LogP contribution in [0.15, 0.2) is 24.3 Å². The summed E-state index contributed by atoms with van der Waals surface area (Å²) in [6.07, 6.45) is 1.28. The van der Waals surface area contributed by atoms with Crippen LogP contribution in [0.3, 0.4) is 0 Å². The summed E-state index contributed by atoms with van der Waals surface area (Å²) >= 11 is 0. The molecule has 0 spiro atoms. The number of aliphatic hydroxyl groups excluding tert-OH is 1. The zero-order valence-electron chi connectivity index (χ0n) is 12.7. The molecule has 1 fully saturated rings. The minimum absolute atomic E-state index is 0.167. The first-order valence-electron chi connectivity index (χ1n) is 7.51. The molecule has 2 amide bonds. The number of aliphatic hydroxyl groups is 1. The Kier molecular flexibility index (Phi) is 5.44. The van der Waals surface area contributed by atoms with E-state index in [9.17, 15) is 9.90 Å². The monoisotopic (exact) mass is 292 g/mol. The molecule has 0 aliphatic carbocycles. The summed E-state index contributed by atoms with van der Waals surface area (Å²) in [6.45, 7) is 6.04. The van der Waals surface area contributed by atoms with Gasteiger partial charge in [-0.05, 0) is 43.0 Å². The number of hydrogen-bond acceptors (Lipinski definition) is 3. The molecule has 5 nitrogen and oxygen atoms in total. The van der Waals surface area contributed by atoms with Gasteiger partial charge < -0.3 is 20.1 Å². The maximum Gasteiger partial charge on any atom is 0.321 e. The van der Waals surface area contributed by atoms with Crippen molar-refractivity contribution in [1.82, 2.24) is 4.90 Å². The number of carbonyl (C=O) groups is 1. The van der Waals surface area contributed by atoms with Crippen LogP contribution >= 0.6 is 0 Å². The third-order valence-electron chi connectivity index (χ3n) is 3.52. The minimum Gasteiger partial charge on any atom is -0.494 e. The van der Waals surface area contributed by atoms with Crippen molar-refractivity contribution in [2.24, 2.45) is 5.92 Å². The highest BCUT2D eigenvalue weighted by Crippen LogP contribution is 2.18. The maximum atomic E-state index is 12.0. The highest BCUT2D eigenvalue weighted by atomic mass is 16.5. The molecule has 0 bridgehead atoms. The number of hydrogen-bond donors (Lipinski definition) is 2. The summed E-state index contributed by atoms with van der Waals surface area (Å²) in [5.74, 6) is 1.43. The zero-order chi connectivity index (χ0) is 15.2. The molecule has 2 rings (SSSR count). The van der Waals surface area contributed by atoms with E-state index < -0.39 is 6.10 Å². The predicted molar refractivity (Wildman–Crippen MR) is 82.6 cm³/mol. The van der Waals surface area contributed by atoms with Gasteiger partial charge in [0.05, 0.1) is 12.7 Å². The Morgan fingerprint density at radius 2 is 2.14 bits per heavy atom. The Labute approximate surface area is 125 Å². The second kappa shape index (κ2) is 7.31. The predicted octanol–water partition coefficient (Wildman–Crippen LogP) is 2.71. The number of carbonyl (C=O) groups excluding carboxylic acids is 1. The van der Waals surface area contributed by atoms with Crippen molar-refractivity contribution < 1.29 is 14.6 Å². The maximum absolute atomic E-state index is 12.0. The Bertz CT molecular complexity index is 459. The summed E-state index contributed by atoms with van der Waals surface area (Å²) in [5.41, 5.74) is 0.734. The Hall–Kier alpha value is -1.75. The van der Waals surface area contributed by atoms with Crippen LogP contribution in [0.25, 0.3) is 0 Å². The van der Waals surface area contributed by atoms with E-state index in [4.69, 9.17) is 4.74 Å². The second-order valence-electron chi connectivity index (χ2n) is 5.87. The average molecular weight is 292 g/mol. The van der Waals surface area contributed by atoms with Crippen LogP contribution in [0.4, 0.5) is 10.5 Å². The van der Waals surface area contributed by atoms with Crippen molar-refractivity contribution >= 4 is 11.7 Å². The van der Waals surface area contributed by atoms with Crippen molar-refractivity contribution in [3.05, 3.63) is 24.3 Å². The van der Waals surface area contributed by atoms with Crippen LogP contribution < -0.4 is 10.1 Å². The molecule has 5 heteroatoms. The number of rotatable bonds is 5. The molecule has 1 aromatic carbocycles. The zero-order valence-corrected chi connectivity index (χ0v) is 12.7. The fourth-order valence-corrected chi connectivity index (χ4v) is 2.18. The van der Waals surface area contributed by atoms with E-state index in [2.05, 4.69) is 19.2 Å². The molecule has 1 saturated heterocycles. The highest BCUT2D eigenvalue weighted by Gasteiger charge is 2.24. The SMILES string of the molecule is CC(C)CCOc1ccc(NC(=O)N2CC[C@@H](O)C2)cc1. The van der Waals surface area contributed by atoms with Gasteiger partial charge >= 0.3 is 6.03 Å². The standard InChI is InChI=1S/C16H24N2O3/c1-12(2)8-10-21-15-5-3-13(4-6-15)17-16(20)18-9-7-14(19)11-18/h3-6,12,14,19H,7-11H2,1-2H3,(H,17,20)/t14-/m1/s1. The molecule has 1 atom stereocenters. The quantitative estimate of drug-likeness (QED) is 0.877. The molecule has 116 valence electrons. The van der Waals surface area contributed by atoms with Gasteiger partial charge in [0.2, 0.25) is 0 Å². The fraction of sp³-hybridized carbons (Fsp3) is 0.562. The van der Waals surface area contributed by atoms with E-state index in [0.29, 0.717) is 32.0 Å². The smallest absolute Gasteiger partial charge is 0.321 e. The van der Waals surface area contributed by atoms with Crippen molar-refractivity contribution in [1.29, 1.82) is 0 Å². The molecule has 1 heterocycles. The van der Waals surface area contributed by atoms with Gasteiger partial charge in [0, 0.05) is 18.8 Å². The topological polar surface area (TPSA) is 61.8 Å². The molecule has 0 unspecified atom stereocenters. The van der Waals surface area contributed by atoms with Gasteiger partial charge in [0.25, 0.3) is 0 Å². The first kappa shape index (κ1) is 15.6. The summed E-state index contributed by atoms with van der Waals surface area (Å²) in [7, 11) is 0. The van der Waals surface area contributed by atoms with Crippen LogP contribution in [0.2, 0.25) is 0 Å². The van der Waals surface area contributed by atoms with Gasteiger partial charge in [-0.3, -0.25) is 0 Å². The highest BCUT2D eigenvalue weighted by molar-refractivity contribution is 5.89. The molecular formula is C16H24N2O3. The van der Waals surface area contributed by atoms with E-state index >= 15 is 0 Å². The average Bonchev–Trinajstić information content (AvgIpc) is 2.87. The van der Waals surface area contributed by atoms with Crippen molar-refractivity contribution in [2.75, 3.05) is 25.0 Å². The van der Waals surface area contributed by atoms with Crippen LogP contribution in [-0.2, 0) is 0 Å². The van der Waals surface area contributed by atoms with Gasteiger partial charge in [0.1, 0.15) is 5.75 Å². The van der Waals surface area contributed by atoms with Crippen LogP contribution in [0.1, 0.15) is 26.7 Å². The number of benzene rings is 1. The summed E-state index contributed by atoms with van der Waals surface area (Å²) in [5, 5.41) is 12.3. The lowest BCUT2D eigenvalue weighted by Gasteiger charge is -2.16. The summed E-state index contributed by atoms with van der Waals surface area (Å²) in [4.78, 5) is 13.6. The lowest BCUT2D eigenvalue weighted by atomic mass is 10.1. The number of nitrogens with zero attached hydrogens (tertiary/aromatic N) is 1. The number of amides is 2. The normalized spacial score (nSPS) is 18.1. The van der Waals surface area contributed by atoms with Crippen LogP contribution in [0.5, 0.6) is 5.75 Å². The molecule has 0 saturated carbocycles. The molecular weight excluding hydrogens is 268 g/mol. The van der Waals surface area contributed by atoms with Gasteiger partial charge in [-0.25, -0.2) is 4.79 Å². The van der Waals surface area contributed by atoms with E-state index in [1.165, 1.54) is 0 Å². The summed E-state index contributed by atoms with van der Waals surface area (Å²) < 4.78 is 5.63. The van der Waals surface area contributed by atoms with E-state index in [1.54, 1.807) is 4.90 Å².